The number of fused-ring (bicyclic) bond motifs is 1. The van der Waals surface area contributed by atoms with Gasteiger partial charge in [-0.1, -0.05) is 23.7 Å². The molecule has 0 bridgehead atoms. The van der Waals surface area contributed by atoms with E-state index in [9.17, 15) is 0 Å². The SMILES string of the molecule is Clc1ccc(N2CCN(Cc3ccc4cc[nH]c4c3)CC2)cc1. The molecule has 23 heavy (non-hydrogen) atoms. The van der Waals surface area contributed by atoms with Crippen molar-refractivity contribution >= 4 is 28.2 Å². The number of aromatic nitrogens is 1. The number of hydrogen-bond donors (Lipinski definition) is 1. The second kappa shape index (κ2) is 6.26. The van der Waals surface area contributed by atoms with Gasteiger partial charge in [0.25, 0.3) is 0 Å². The van der Waals surface area contributed by atoms with Crippen molar-refractivity contribution in [3.8, 4) is 0 Å². The summed E-state index contributed by atoms with van der Waals surface area (Å²) in [4.78, 5) is 8.25. The molecule has 0 saturated carbocycles. The van der Waals surface area contributed by atoms with Gasteiger partial charge in [-0.25, -0.2) is 0 Å². The lowest BCUT2D eigenvalue weighted by molar-refractivity contribution is 0.250. The molecule has 1 aromatic heterocycles. The molecule has 3 nitrogen and oxygen atoms in total. The Hall–Kier alpha value is -1.97. The van der Waals surface area contributed by atoms with Crippen molar-refractivity contribution in [1.82, 2.24) is 9.88 Å². The molecule has 1 aliphatic heterocycles. The Kier molecular flexibility index (Phi) is 3.98. The van der Waals surface area contributed by atoms with Crippen molar-refractivity contribution in [2.75, 3.05) is 31.1 Å². The number of piperazine rings is 1. The summed E-state index contributed by atoms with van der Waals surface area (Å²) in [6.45, 7) is 5.32. The first-order chi connectivity index (χ1) is 11.3. The van der Waals surface area contributed by atoms with E-state index in [1.54, 1.807) is 0 Å². The molecule has 0 amide bonds. The predicted octanol–water partition coefficient (Wildman–Crippen LogP) is 4.14. The molecular formula is C19H20ClN3. The highest BCUT2D eigenvalue weighted by Gasteiger charge is 2.17. The zero-order chi connectivity index (χ0) is 15.6. The minimum absolute atomic E-state index is 0.798. The summed E-state index contributed by atoms with van der Waals surface area (Å²) in [5.74, 6) is 0. The average molecular weight is 326 g/mol. The molecule has 118 valence electrons. The van der Waals surface area contributed by atoms with E-state index in [-0.39, 0.29) is 0 Å². The van der Waals surface area contributed by atoms with E-state index >= 15 is 0 Å². The van der Waals surface area contributed by atoms with E-state index in [4.69, 9.17) is 11.6 Å². The topological polar surface area (TPSA) is 22.3 Å². The van der Waals surface area contributed by atoms with Crippen LogP contribution in [0.1, 0.15) is 5.56 Å². The first kappa shape index (κ1) is 14.6. The van der Waals surface area contributed by atoms with Gasteiger partial charge in [0.1, 0.15) is 0 Å². The molecule has 2 heterocycles. The lowest BCUT2D eigenvalue weighted by atomic mass is 10.1. The standard InChI is InChI=1S/C19H20ClN3/c20-17-3-5-18(6-4-17)23-11-9-22(10-12-23)14-15-1-2-16-7-8-21-19(16)13-15/h1-8,13,21H,9-12,14H2. The first-order valence-corrected chi connectivity index (χ1v) is 8.45. The maximum absolute atomic E-state index is 5.97. The van der Waals surface area contributed by atoms with Crippen molar-refractivity contribution in [2.45, 2.75) is 6.54 Å². The highest BCUT2D eigenvalue weighted by atomic mass is 35.5. The van der Waals surface area contributed by atoms with E-state index in [0.29, 0.717) is 0 Å². The van der Waals surface area contributed by atoms with Crippen LogP contribution < -0.4 is 4.90 Å². The van der Waals surface area contributed by atoms with Crippen molar-refractivity contribution in [2.24, 2.45) is 0 Å². The second-order valence-electron chi connectivity index (χ2n) is 6.14. The zero-order valence-corrected chi connectivity index (χ0v) is 13.8. The maximum Gasteiger partial charge on any atom is 0.0457 e. The number of nitrogens with zero attached hydrogens (tertiary/aromatic N) is 2. The number of nitrogens with one attached hydrogen (secondary N) is 1. The van der Waals surface area contributed by atoms with Crippen LogP contribution in [0.25, 0.3) is 10.9 Å². The summed E-state index contributed by atoms with van der Waals surface area (Å²) in [5, 5.41) is 2.08. The lowest BCUT2D eigenvalue weighted by Gasteiger charge is -2.36. The Balaban J connectivity index is 1.38. The Morgan fingerprint density at radius 1 is 0.913 bits per heavy atom. The van der Waals surface area contributed by atoms with Crippen molar-refractivity contribution in [1.29, 1.82) is 0 Å². The summed E-state index contributed by atoms with van der Waals surface area (Å²) in [6, 6.07) is 17.0. The summed E-state index contributed by atoms with van der Waals surface area (Å²) >= 11 is 5.97. The Labute approximate surface area is 141 Å². The Bertz CT molecular complexity index is 786. The van der Waals surface area contributed by atoms with Crippen LogP contribution >= 0.6 is 11.6 Å². The molecule has 3 aromatic rings. The summed E-state index contributed by atoms with van der Waals surface area (Å²) in [5.41, 5.74) is 3.86. The molecule has 0 atom stereocenters. The normalized spacial score (nSPS) is 16.1. The van der Waals surface area contributed by atoms with E-state index < -0.39 is 0 Å². The van der Waals surface area contributed by atoms with Gasteiger partial charge < -0.3 is 9.88 Å². The van der Waals surface area contributed by atoms with Crippen molar-refractivity contribution in [3.63, 3.8) is 0 Å². The fourth-order valence-corrected chi connectivity index (χ4v) is 3.39. The van der Waals surface area contributed by atoms with Gasteiger partial charge in [-0.05, 0) is 47.3 Å². The molecule has 4 rings (SSSR count). The number of halogens is 1. The van der Waals surface area contributed by atoms with Crippen LogP contribution in [0.3, 0.4) is 0 Å². The lowest BCUT2D eigenvalue weighted by Crippen LogP contribution is -2.45. The first-order valence-electron chi connectivity index (χ1n) is 8.07. The molecule has 1 fully saturated rings. The van der Waals surface area contributed by atoms with Gasteiger partial charge in [0.15, 0.2) is 0 Å². The van der Waals surface area contributed by atoms with Crippen LogP contribution in [0.4, 0.5) is 5.69 Å². The number of anilines is 1. The second-order valence-corrected chi connectivity index (χ2v) is 6.58. The van der Waals surface area contributed by atoms with Gasteiger partial charge in [-0.2, -0.15) is 0 Å². The van der Waals surface area contributed by atoms with Crippen LogP contribution in [0.2, 0.25) is 5.02 Å². The van der Waals surface area contributed by atoms with Crippen molar-refractivity contribution in [3.05, 3.63) is 65.3 Å². The number of H-pyrrole nitrogens is 1. The molecule has 1 N–H and O–H groups in total. The monoisotopic (exact) mass is 325 g/mol. The number of rotatable bonds is 3. The molecule has 1 saturated heterocycles. The van der Waals surface area contributed by atoms with Crippen LogP contribution in [0, 0.1) is 0 Å². The fourth-order valence-electron chi connectivity index (χ4n) is 3.27. The molecular weight excluding hydrogens is 306 g/mol. The third kappa shape index (κ3) is 3.21. The van der Waals surface area contributed by atoms with Gasteiger partial charge in [-0.15, -0.1) is 0 Å². The highest BCUT2D eigenvalue weighted by Crippen LogP contribution is 2.21. The molecule has 0 spiro atoms. The molecule has 2 aromatic carbocycles. The van der Waals surface area contributed by atoms with Gasteiger partial charge in [0.05, 0.1) is 0 Å². The molecule has 0 radical (unpaired) electrons. The predicted molar refractivity (Wildman–Crippen MR) is 97.2 cm³/mol. The number of aromatic amines is 1. The van der Waals surface area contributed by atoms with E-state index in [2.05, 4.69) is 51.2 Å². The number of hydrogen-bond acceptors (Lipinski definition) is 2. The van der Waals surface area contributed by atoms with E-state index in [0.717, 1.165) is 37.7 Å². The molecule has 0 unspecified atom stereocenters. The quantitative estimate of drug-likeness (QED) is 0.781. The minimum Gasteiger partial charge on any atom is -0.369 e. The van der Waals surface area contributed by atoms with Gasteiger partial charge in [-0.3, -0.25) is 4.90 Å². The zero-order valence-electron chi connectivity index (χ0n) is 13.0. The van der Waals surface area contributed by atoms with E-state index in [1.165, 1.54) is 22.2 Å². The summed E-state index contributed by atoms with van der Waals surface area (Å²) < 4.78 is 0. The van der Waals surface area contributed by atoms with E-state index in [1.807, 2.05) is 18.3 Å². The smallest absolute Gasteiger partial charge is 0.0457 e. The van der Waals surface area contributed by atoms with Gasteiger partial charge in [0, 0.05) is 55.1 Å². The average Bonchev–Trinajstić information content (AvgIpc) is 3.04. The molecule has 0 aliphatic carbocycles. The summed E-state index contributed by atoms with van der Waals surface area (Å²) in [6.07, 6.45) is 2.00. The van der Waals surface area contributed by atoms with Crippen LogP contribution in [-0.4, -0.2) is 36.1 Å². The maximum atomic E-state index is 5.97. The number of benzene rings is 2. The minimum atomic E-state index is 0.798. The van der Waals surface area contributed by atoms with Crippen LogP contribution in [0.15, 0.2) is 54.7 Å². The highest BCUT2D eigenvalue weighted by molar-refractivity contribution is 6.30. The third-order valence-electron chi connectivity index (χ3n) is 4.59. The fraction of sp³-hybridized carbons (Fsp3) is 0.263. The van der Waals surface area contributed by atoms with Gasteiger partial charge in [0.2, 0.25) is 0 Å². The molecule has 1 aliphatic rings. The Morgan fingerprint density at radius 2 is 1.70 bits per heavy atom. The third-order valence-corrected chi connectivity index (χ3v) is 4.84. The largest absolute Gasteiger partial charge is 0.369 e. The van der Waals surface area contributed by atoms with Crippen LogP contribution in [0.5, 0.6) is 0 Å². The van der Waals surface area contributed by atoms with Crippen LogP contribution in [-0.2, 0) is 6.54 Å². The van der Waals surface area contributed by atoms with Crippen molar-refractivity contribution < 1.29 is 0 Å². The molecule has 4 heteroatoms. The summed E-state index contributed by atoms with van der Waals surface area (Å²) in [7, 11) is 0. The Morgan fingerprint density at radius 3 is 2.48 bits per heavy atom. The van der Waals surface area contributed by atoms with Gasteiger partial charge >= 0.3 is 0 Å².